The summed E-state index contributed by atoms with van der Waals surface area (Å²) in [5, 5.41) is 3.25. The summed E-state index contributed by atoms with van der Waals surface area (Å²) in [7, 11) is 0. The second-order valence-electron chi connectivity index (χ2n) is 1.93. The van der Waals surface area contributed by atoms with E-state index in [4.69, 9.17) is 5.53 Å². The van der Waals surface area contributed by atoms with Crippen molar-refractivity contribution in [3.63, 3.8) is 0 Å². The first-order valence-electron chi connectivity index (χ1n) is 2.69. The number of Topliss-reactive ketones (excluding diaryl/α,β-unsaturated/α-hetero) is 1. The molecule has 0 saturated carbocycles. The highest BCUT2D eigenvalue weighted by Gasteiger charge is 2.03. The zero-order chi connectivity index (χ0) is 7.28. The summed E-state index contributed by atoms with van der Waals surface area (Å²) >= 11 is 0. The molecule has 0 N–H and O–H groups in total. The molecule has 0 saturated heterocycles. The molecule has 0 heterocycles. The highest BCUT2D eigenvalue weighted by atomic mass is 16.1. The molecule has 0 radical (unpaired) electrons. The maximum absolute atomic E-state index is 10.5. The van der Waals surface area contributed by atoms with Crippen LogP contribution in [0.3, 0.4) is 0 Å². The molecule has 50 valence electrons. The molecule has 1 unspecified atom stereocenters. The molecular weight excluding hydrogens is 118 g/mol. The molecule has 9 heavy (non-hydrogen) atoms. The van der Waals surface area contributed by atoms with Crippen molar-refractivity contribution in [1.29, 1.82) is 0 Å². The van der Waals surface area contributed by atoms with Crippen LogP contribution >= 0.6 is 0 Å². The summed E-state index contributed by atoms with van der Waals surface area (Å²) in [5.74, 6) is -0.0803. The van der Waals surface area contributed by atoms with Crippen molar-refractivity contribution in [2.75, 3.05) is 6.54 Å². The van der Waals surface area contributed by atoms with Crippen molar-refractivity contribution >= 4 is 5.78 Å². The van der Waals surface area contributed by atoms with Gasteiger partial charge in [0.2, 0.25) is 0 Å². The Kier molecular flexibility index (Phi) is 3.48. The Bertz CT molecular complexity index is 148. The van der Waals surface area contributed by atoms with Gasteiger partial charge in [0.1, 0.15) is 5.78 Å². The molecule has 0 fully saturated rings. The molecule has 0 aliphatic carbocycles. The van der Waals surface area contributed by atoms with Gasteiger partial charge in [-0.15, -0.1) is 0 Å². The average Bonchev–Trinajstić information content (AvgIpc) is 1.82. The number of hydrogen-bond donors (Lipinski definition) is 0. The van der Waals surface area contributed by atoms with Gasteiger partial charge in [0.25, 0.3) is 0 Å². The Hall–Kier alpha value is -1.02. The minimum absolute atomic E-state index is 0.0578. The van der Waals surface area contributed by atoms with Crippen molar-refractivity contribution < 1.29 is 4.79 Å². The zero-order valence-electron chi connectivity index (χ0n) is 5.53. The number of rotatable bonds is 3. The molecule has 0 aromatic carbocycles. The lowest BCUT2D eigenvalue weighted by Crippen LogP contribution is -2.08. The Morgan fingerprint density at radius 2 is 2.44 bits per heavy atom. The van der Waals surface area contributed by atoms with E-state index in [1.54, 1.807) is 6.92 Å². The zero-order valence-corrected chi connectivity index (χ0v) is 5.53. The van der Waals surface area contributed by atoms with E-state index >= 15 is 0 Å². The molecule has 4 heteroatoms. The van der Waals surface area contributed by atoms with E-state index in [0.717, 1.165) is 0 Å². The number of carbonyl (C=O) groups is 1. The number of hydrogen-bond acceptors (Lipinski definition) is 2. The third-order valence-corrected chi connectivity index (χ3v) is 1.11. The van der Waals surface area contributed by atoms with Crippen LogP contribution in [-0.2, 0) is 4.79 Å². The van der Waals surface area contributed by atoms with Crippen LogP contribution in [0.4, 0.5) is 0 Å². The van der Waals surface area contributed by atoms with E-state index in [-0.39, 0.29) is 18.2 Å². The summed E-state index contributed by atoms with van der Waals surface area (Å²) in [5.41, 5.74) is 7.84. The Morgan fingerprint density at radius 3 is 2.78 bits per heavy atom. The molecule has 0 amide bonds. The molecule has 0 aliphatic rings. The van der Waals surface area contributed by atoms with Gasteiger partial charge in [-0.1, -0.05) is 12.0 Å². The molecule has 0 aromatic rings. The predicted octanol–water partition coefficient (Wildman–Crippen LogP) is 1.52. The van der Waals surface area contributed by atoms with Gasteiger partial charge >= 0.3 is 0 Å². The van der Waals surface area contributed by atoms with E-state index in [1.165, 1.54) is 6.92 Å². The summed E-state index contributed by atoms with van der Waals surface area (Å²) in [6.45, 7) is 3.49. The van der Waals surface area contributed by atoms with Crippen LogP contribution in [0.25, 0.3) is 10.4 Å². The third kappa shape index (κ3) is 3.55. The van der Waals surface area contributed by atoms with Crippen molar-refractivity contribution in [2.24, 2.45) is 11.0 Å². The van der Waals surface area contributed by atoms with Gasteiger partial charge in [-0.3, -0.25) is 4.79 Å². The van der Waals surface area contributed by atoms with Crippen molar-refractivity contribution in [3.05, 3.63) is 10.4 Å². The normalized spacial score (nSPS) is 11.8. The van der Waals surface area contributed by atoms with Gasteiger partial charge in [0, 0.05) is 17.4 Å². The maximum atomic E-state index is 10.5. The smallest absolute Gasteiger partial charge is 0.132 e. The van der Waals surface area contributed by atoms with E-state index < -0.39 is 0 Å². The summed E-state index contributed by atoms with van der Waals surface area (Å²) in [4.78, 5) is 13.0. The van der Waals surface area contributed by atoms with Crippen LogP contribution in [0.2, 0.25) is 0 Å². The minimum Gasteiger partial charge on any atom is -0.300 e. The van der Waals surface area contributed by atoms with E-state index in [9.17, 15) is 4.79 Å². The number of nitrogens with zero attached hydrogens (tertiary/aromatic N) is 3. The highest BCUT2D eigenvalue weighted by molar-refractivity contribution is 5.78. The van der Waals surface area contributed by atoms with Gasteiger partial charge in [-0.25, -0.2) is 0 Å². The Labute approximate surface area is 53.5 Å². The largest absolute Gasteiger partial charge is 0.300 e. The molecular formula is C5H9N3O. The van der Waals surface area contributed by atoms with Crippen LogP contribution in [0.1, 0.15) is 13.8 Å². The van der Waals surface area contributed by atoms with Gasteiger partial charge < -0.3 is 0 Å². The fourth-order valence-corrected chi connectivity index (χ4v) is 0.288. The van der Waals surface area contributed by atoms with Gasteiger partial charge in [-0.05, 0) is 12.5 Å². The number of carbonyl (C=O) groups excluding carboxylic acids is 1. The van der Waals surface area contributed by atoms with Gasteiger partial charge in [0.05, 0.1) is 0 Å². The second-order valence-corrected chi connectivity index (χ2v) is 1.93. The highest BCUT2D eigenvalue weighted by Crippen LogP contribution is 1.95. The monoisotopic (exact) mass is 127 g/mol. The fraction of sp³-hybridized carbons (Fsp3) is 0.800. The van der Waals surface area contributed by atoms with Crippen LogP contribution in [-0.4, -0.2) is 12.3 Å². The van der Waals surface area contributed by atoms with Crippen LogP contribution in [0.5, 0.6) is 0 Å². The van der Waals surface area contributed by atoms with Crippen molar-refractivity contribution in [1.82, 2.24) is 0 Å². The molecule has 0 bridgehead atoms. The topological polar surface area (TPSA) is 65.8 Å². The number of ketones is 1. The Balaban J connectivity index is 3.63. The maximum Gasteiger partial charge on any atom is 0.132 e. The fourth-order valence-electron chi connectivity index (χ4n) is 0.288. The van der Waals surface area contributed by atoms with Gasteiger partial charge in [0.15, 0.2) is 0 Å². The van der Waals surface area contributed by atoms with Crippen molar-refractivity contribution in [3.8, 4) is 0 Å². The van der Waals surface area contributed by atoms with Crippen LogP contribution in [0, 0.1) is 5.92 Å². The minimum atomic E-state index is -0.138. The van der Waals surface area contributed by atoms with Crippen LogP contribution in [0.15, 0.2) is 5.11 Å². The summed E-state index contributed by atoms with van der Waals surface area (Å²) < 4.78 is 0. The van der Waals surface area contributed by atoms with E-state index in [0.29, 0.717) is 0 Å². The van der Waals surface area contributed by atoms with Crippen molar-refractivity contribution in [2.45, 2.75) is 13.8 Å². The quantitative estimate of drug-likeness (QED) is 0.322. The standard InChI is InChI=1S/C5H9N3O/c1-4(5(2)9)3-7-8-6/h4H,3H2,1-2H3. The summed E-state index contributed by atoms with van der Waals surface area (Å²) in [6, 6.07) is 0. The lowest BCUT2D eigenvalue weighted by atomic mass is 10.1. The lowest BCUT2D eigenvalue weighted by Gasteiger charge is -1.98. The molecule has 0 rings (SSSR count). The SMILES string of the molecule is CC(=O)C(C)CN=[N+]=[N-]. The predicted molar refractivity (Wildman–Crippen MR) is 33.9 cm³/mol. The molecule has 0 spiro atoms. The first kappa shape index (κ1) is 7.98. The van der Waals surface area contributed by atoms with Gasteiger partial charge in [-0.2, -0.15) is 0 Å². The lowest BCUT2D eigenvalue weighted by molar-refractivity contribution is -0.119. The number of azide groups is 1. The average molecular weight is 127 g/mol. The first-order valence-corrected chi connectivity index (χ1v) is 2.69. The summed E-state index contributed by atoms with van der Waals surface area (Å²) in [6.07, 6.45) is 0. The molecule has 0 aliphatic heterocycles. The first-order chi connectivity index (χ1) is 4.18. The molecule has 4 nitrogen and oxygen atoms in total. The van der Waals surface area contributed by atoms with Crippen LogP contribution < -0.4 is 0 Å². The molecule has 1 atom stereocenters. The Morgan fingerprint density at radius 1 is 1.89 bits per heavy atom. The van der Waals surface area contributed by atoms with E-state index in [1.807, 2.05) is 0 Å². The van der Waals surface area contributed by atoms with E-state index in [2.05, 4.69) is 10.0 Å². The third-order valence-electron chi connectivity index (χ3n) is 1.11. The second kappa shape index (κ2) is 3.92. The molecule has 0 aromatic heterocycles.